The van der Waals surface area contributed by atoms with Crippen LogP contribution in [-0.2, 0) is 7.05 Å². The van der Waals surface area contributed by atoms with Crippen LogP contribution in [0.1, 0.15) is 10.5 Å². The van der Waals surface area contributed by atoms with Crippen LogP contribution in [0.2, 0.25) is 0 Å². The summed E-state index contributed by atoms with van der Waals surface area (Å²) in [6.07, 6.45) is 4.73. The third-order valence-electron chi connectivity index (χ3n) is 1.75. The monoisotopic (exact) mass is 286 g/mol. The van der Waals surface area contributed by atoms with Crippen LogP contribution in [0.4, 0.5) is 5.13 Å². The fourth-order valence-corrected chi connectivity index (χ4v) is 2.15. The fourth-order valence-electron chi connectivity index (χ4n) is 1.05. The number of rotatable bonds is 2. The number of aromatic nitrogens is 3. The van der Waals surface area contributed by atoms with Gasteiger partial charge in [-0.2, -0.15) is 0 Å². The van der Waals surface area contributed by atoms with Crippen molar-refractivity contribution in [3.05, 3.63) is 28.2 Å². The summed E-state index contributed by atoms with van der Waals surface area (Å²) < 4.78 is 2.53. The number of imidazole rings is 1. The molecular weight excluding hydrogens is 280 g/mol. The summed E-state index contributed by atoms with van der Waals surface area (Å²) in [6, 6.07) is 0. The van der Waals surface area contributed by atoms with Crippen molar-refractivity contribution in [1.29, 1.82) is 0 Å². The molecule has 0 saturated heterocycles. The summed E-state index contributed by atoms with van der Waals surface area (Å²) in [7, 11) is 1.76. The zero-order valence-corrected chi connectivity index (χ0v) is 10.2. The summed E-state index contributed by atoms with van der Waals surface area (Å²) in [4.78, 5) is 19.6. The summed E-state index contributed by atoms with van der Waals surface area (Å²) in [5, 5.41) is 3.25. The zero-order valence-electron chi connectivity index (χ0n) is 7.77. The highest BCUT2D eigenvalue weighted by Gasteiger charge is 2.11. The maximum atomic E-state index is 11.7. The number of anilines is 1. The molecule has 1 amide bonds. The molecule has 2 rings (SSSR count). The molecule has 15 heavy (non-hydrogen) atoms. The molecular formula is C8H7BrN4OS. The predicted octanol–water partition coefficient (Wildman–Crippen LogP) is 1.89. The van der Waals surface area contributed by atoms with Gasteiger partial charge < -0.3 is 4.57 Å². The number of aryl methyl sites for hydroxylation is 1. The van der Waals surface area contributed by atoms with Gasteiger partial charge in [-0.25, -0.2) is 9.97 Å². The van der Waals surface area contributed by atoms with Crippen molar-refractivity contribution in [2.24, 2.45) is 7.05 Å². The van der Waals surface area contributed by atoms with Crippen molar-refractivity contribution in [3.63, 3.8) is 0 Å². The molecule has 2 aromatic heterocycles. The first-order valence-corrected chi connectivity index (χ1v) is 5.67. The van der Waals surface area contributed by atoms with E-state index in [0.717, 1.165) is 3.79 Å². The quantitative estimate of drug-likeness (QED) is 0.917. The Labute approximate surface area is 98.3 Å². The third-order valence-corrected chi connectivity index (χ3v) is 3.14. The summed E-state index contributed by atoms with van der Waals surface area (Å²) >= 11 is 4.64. The standard InChI is InChI=1S/C8H7BrN4OS/c1-13-4-10-2-5(13)7(14)12-8-11-3-6(9)15-8/h2-4H,1H3,(H,11,12,14). The van der Waals surface area contributed by atoms with Gasteiger partial charge in [0.15, 0.2) is 5.13 Å². The molecule has 0 aliphatic heterocycles. The van der Waals surface area contributed by atoms with Crippen molar-refractivity contribution in [2.45, 2.75) is 0 Å². The molecule has 7 heteroatoms. The first-order chi connectivity index (χ1) is 7.16. The SMILES string of the molecule is Cn1cncc1C(=O)Nc1ncc(Br)s1. The van der Waals surface area contributed by atoms with Crippen molar-refractivity contribution >= 4 is 38.3 Å². The molecule has 0 aromatic carbocycles. The molecule has 1 N–H and O–H groups in total. The number of hydrogen-bond acceptors (Lipinski definition) is 4. The van der Waals surface area contributed by atoms with E-state index < -0.39 is 0 Å². The molecule has 2 aromatic rings. The maximum Gasteiger partial charge on any atom is 0.275 e. The summed E-state index contributed by atoms with van der Waals surface area (Å²) in [5.41, 5.74) is 0.501. The Morgan fingerprint density at radius 1 is 1.60 bits per heavy atom. The Morgan fingerprint density at radius 2 is 2.40 bits per heavy atom. The number of carbonyl (C=O) groups is 1. The minimum atomic E-state index is -0.211. The normalized spacial score (nSPS) is 10.3. The molecule has 0 aliphatic rings. The lowest BCUT2D eigenvalue weighted by Gasteiger charge is -2.00. The largest absolute Gasteiger partial charge is 0.330 e. The summed E-state index contributed by atoms with van der Waals surface area (Å²) in [6.45, 7) is 0. The lowest BCUT2D eigenvalue weighted by atomic mass is 10.4. The highest BCUT2D eigenvalue weighted by atomic mass is 79.9. The number of hydrogen-bond donors (Lipinski definition) is 1. The minimum absolute atomic E-state index is 0.211. The molecule has 2 heterocycles. The van der Waals surface area contributed by atoms with Gasteiger partial charge in [0, 0.05) is 7.05 Å². The van der Waals surface area contributed by atoms with Crippen molar-refractivity contribution < 1.29 is 4.79 Å². The Balaban J connectivity index is 2.14. The van der Waals surface area contributed by atoms with Gasteiger partial charge in [0.2, 0.25) is 0 Å². The fraction of sp³-hybridized carbons (Fsp3) is 0.125. The maximum absolute atomic E-state index is 11.7. The smallest absolute Gasteiger partial charge is 0.275 e. The Bertz CT molecular complexity index is 492. The first kappa shape index (κ1) is 10.3. The van der Waals surface area contributed by atoms with Crippen LogP contribution >= 0.6 is 27.3 Å². The molecule has 0 spiro atoms. The molecule has 0 aliphatic carbocycles. The van der Waals surface area contributed by atoms with Crippen LogP contribution in [0.15, 0.2) is 22.5 Å². The third kappa shape index (κ3) is 2.24. The van der Waals surface area contributed by atoms with Crippen LogP contribution < -0.4 is 5.32 Å². The van der Waals surface area contributed by atoms with E-state index in [0.29, 0.717) is 10.8 Å². The zero-order chi connectivity index (χ0) is 10.8. The van der Waals surface area contributed by atoms with Crippen molar-refractivity contribution in [3.8, 4) is 0 Å². The number of nitrogens with zero attached hydrogens (tertiary/aromatic N) is 3. The van der Waals surface area contributed by atoms with E-state index in [1.807, 2.05) is 0 Å². The van der Waals surface area contributed by atoms with E-state index in [1.165, 1.54) is 17.5 Å². The minimum Gasteiger partial charge on any atom is -0.330 e. The molecule has 78 valence electrons. The van der Waals surface area contributed by atoms with Crippen molar-refractivity contribution in [2.75, 3.05) is 5.32 Å². The number of carbonyl (C=O) groups excluding carboxylic acids is 1. The van der Waals surface area contributed by atoms with Gasteiger partial charge in [0.1, 0.15) is 5.69 Å². The Hall–Kier alpha value is -1.21. The van der Waals surface area contributed by atoms with Gasteiger partial charge in [-0.1, -0.05) is 11.3 Å². The van der Waals surface area contributed by atoms with Gasteiger partial charge in [-0.3, -0.25) is 10.1 Å². The summed E-state index contributed by atoms with van der Waals surface area (Å²) in [5.74, 6) is -0.211. The lowest BCUT2D eigenvalue weighted by Crippen LogP contribution is -2.14. The van der Waals surface area contributed by atoms with Gasteiger partial charge in [-0.15, -0.1) is 0 Å². The van der Waals surface area contributed by atoms with Crippen LogP contribution in [0.5, 0.6) is 0 Å². The lowest BCUT2D eigenvalue weighted by molar-refractivity contribution is 0.101. The van der Waals surface area contributed by atoms with E-state index in [1.54, 1.807) is 24.1 Å². The topological polar surface area (TPSA) is 59.8 Å². The van der Waals surface area contributed by atoms with Crippen LogP contribution in [0.3, 0.4) is 0 Å². The Morgan fingerprint density at radius 3 is 2.93 bits per heavy atom. The van der Waals surface area contributed by atoms with E-state index in [4.69, 9.17) is 0 Å². The Kier molecular flexibility index (Phi) is 2.83. The molecule has 0 atom stereocenters. The van der Waals surface area contributed by atoms with Crippen molar-refractivity contribution in [1.82, 2.24) is 14.5 Å². The second-order valence-electron chi connectivity index (χ2n) is 2.81. The van der Waals surface area contributed by atoms with Gasteiger partial charge >= 0.3 is 0 Å². The van der Waals surface area contributed by atoms with Crippen LogP contribution in [0, 0.1) is 0 Å². The van der Waals surface area contributed by atoms with Crippen LogP contribution in [-0.4, -0.2) is 20.4 Å². The number of halogens is 1. The number of thiazole rings is 1. The highest BCUT2D eigenvalue weighted by Crippen LogP contribution is 2.23. The van der Waals surface area contributed by atoms with Crippen LogP contribution in [0.25, 0.3) is 0 Å². The second kappa shape index (κ2) is 4.11. The van der Waals surface area contributed by atoms with Gasteiger partial charge in [0.05, 0.1) is 22.5 Å². The van der Waals surface area contributed by atoms with E-state index in [9.17, 15) is 4.79 Å². The average Bonchev–Trinajstić information content (AvgIpc) is 2.75. The number of nitrogens with one attached hydrogen (secondary N) is 1. The second-order valence-corrected chi connectivity index (χ2v) is 5.22. The predicted molar refractivity (Wildman–Crippen MR) is 61.0 cm³/mol. The average molecular weight is 287 g/mol. The van der Waals surface area contributed by atoms with E-state index in [2.05, 4.69) is 31.2 Å². The van der Waals surface area contributed by atoms with Gasteiger partial charge in [-0.05, 0) is 15.9 Å². The highest BCUT2D eigenvalue weighted by molar-refractivity contribution is 9.11. The molecule has 0 saturated carbocycles. The van der Waals surface area contributed by atoms with E-state index in [-0.39, 0.29) is 5.91 Å². The molecule has 0 fully saturated rings. The first-order valence-electron chi connectivity index (χ1n) is 4.06. The molecule has 0 radical (unpaired) electrons. The van der Waals surface area contributed by atoms with E-state index >= 15 is 0 Å². The molecule has 0 unspecified atom stereocenters. The molecule has 5 nitrogen and oxygen atoms in total. The number of amides is 1. The molecule has 0 bridgehead atoms. The van der Waals surface area contributed by atoms with Gasteiger partial charge in [0.25, 0.3) is 5.91 Å².